The number of H-pyrrole nitrogens is 2. The first kappa shape index (κ1) is 24.3. The summed E-state index contributed by atoms with van der Waals surface area (Å²) in [5, 5.41) is 21.0. The van der Waals surface area contributed by atoms with Crippen LogP contribution in [0.5, 0.6) is 5.75 Å². The first-order chi connectivity index (χ1) is 14.1. The van der Waals surface area contributed by atoms with Crippen molar-refractivity contribution in [3.8, 4) is 5.75 Å². The number of aliphatic hydroxyl groups is 1. The number of nitrogens with one attached hydrogen (secondary N) is 2. The van der Waals surface area contributed by atoms with Crippen molar-refractivity contribution in [2.45, 2.75) is 77.9 Å². The van der Waals surface area contributed by atoms with Crippen molar-refractivity contribution in [3.05, 3.63) is 60.3 Å². The molecule has 0 saturated heterocycles. The first-order valence-corrected chi connectivity index (χ1v) is 10.1. The van der Waals surface area contributed by atoms with E-state index in [9.17, 15) is 29.4 Å². The van der Waals surface area contributed by atoms with Crippen molar-refractivity contribution in [1.29, 1.82) is 0 Å². The summed E-state index contributed by atoms with van der Waals surface area (Å²) in [6, 6.07) is 3.72. The number of aryl methyl sites for hydroxylation is 1. The molecule has 1 aromatic carbocycles. The van der Waals surface area contributed by atoms with Gasteiger partial charge in [-0.25, -0.2) is 19.0 Å². The molecule has 1 aromatic heterocycles. The number of benzene rings is 1. The number of Topliss-reactive ketones (excluding diaryl/α,β-unsaturated/α-hetero) is 1. The van der Waals surface area contributed by atoms with Crippen LogP contribution in [0.2, 0.25) is 0 Å². The van der Waals surface area contributed by atoms with Gasteiger partial charge in [0.1, 0.15) is 11.9 Å². The Balaban J connectivity index is 2.24. The van der Waals surface area contributed by atoms with Crippen molar-refractivity contribution < 1.29 is 15.0 Å². The van der Waals surface area contributed by atoms with Gasteiger partial charge in [0.15, 0.2) is 5.78 Å². The summed E-state index contributed by atoms with van der Waals surface area (Å²) < 4.78 is 0.569. The van der Waals surface area contributed by atoms with Crippen LogP contribution in [-0.4, -0.2) is 36.6 Å². The highest BCUT2D eigenvalue weighted by molar-refractivity contribution is 5.83. The monoisotopic (exact) mass is 433 g/mol. The summed E-state index contributed by atoms with van der Waals surface area (Å²) in [5.74, 6) is -0.299. The smallest absolute Gasteiger partial charge is 0.333 e. The number of hydrogen-bond acceptors (Lipinski definition) is 6. The lowest BCUT2D eigenvalue weighted by molar-refractivity contribution is -0.127. The Morgan fingerprint density at radius 3 is 1.84 bits per heavy atom. The summed E-state index contributed by atoms with van der Waals surface area (Å²) in [6.45, 7) is 11.4. The average Bonchev–Trinajstić information content (AvgIpc) is 2.61. The number of phenolic OH excluding ortho intramolecular Hbond substituents is 1. The molecule has 1 unspecified atom stereocenters. The molecular weight excluding hydrogens is 402 g/mol. The minimum atomic E-state index is -1.58. The standard InChI is InChI=1S/C22H31N3O6/c1-21(2,3)13-9-12(10-14(17(13)28)22(4,5)6)7-8-15(26)16(27)11-25-19(30)23-18(29)24-20(25)31/h9-10,16,27-28H,7-8,11H2,1-6H3,(H2,23,24,29,30,31). The molecular formula is C22H31N3O6. The van der Waals surface area contributed by atoms with Crippen molar-refractivity contribution in [3.63, 3.8) is 0 Å². The van der Waals surface area contributed by atoms with Crippen LogP contribution in [0.15, 0.2) is 26.5 Å². The van der Waals surface area contributed by atoms with Crippen molar-refractivity contribution in [2.24, 2.45) is 0 Å². The van der Waals surface area contributed by atoms with Gasteiger partial charge < -0.3 is 10.2 Å². The van der Waals surface area contributed by atoms with Gasteiger partial charge in [-0.3, -0.25) is 14.8 Å². The van der Waals surface area contributed by atoms with Gasteiger partial charge in [-0.15, -0.1) is 0 Å². The van der Waals surface area contributed by atoms with Crippen LogP contribution in [0.4, 0.5) is 0 Å². The van der Waals surface area contributed by atoms with Crippen molar-refractivity contribution in [2.75, 3.05) is 0 Å². The van der Waals surface area contributed by atoms with Crippen molar-refractivity contribution >= 4 is 5.78 Å². The zero-order valence-electron chi connectivity index (χ0n) is 18.8. The SMILES string of the molecule is CC(C)(C)c1cc(CCC(=O)C(O)Cn2c(=O)[nH]c(=O)[nH]c2=O)cc(C(C)(C)C)c1O. The predicted octanol–water partition coefficient (Wildman–Crippen LogP) is 1.09. The van der Waals surface area contributed by atoms with E-state index in [4.69, 9.17) is 0 Å². The van der Waals surface area contributed by atoms with Crippen LogP contribution >= 0.6 is 0 Å². The first-order valence-electron chi connectivity index (χ1n) is 10.1. The second-order valence-corrected chi connectivity index (χ2v) is 9.82. The Morgan fingerprint density at radius 1 is 0.968 bits per heavy atom. The minimum absolute atomic E-state index is 0.0187. The van der Waals surface area contributed by atoms with Crippen molar-refractivity contribution in [1.82, 2.24) is 14.5 Å². The van der Waals surface area contributed by atoms with Gasteiger partial charge in [-0.05, 0) is 33.9 Å². The molecule has 0 spiro atoms. The quantitative estimate of drug-likeness (QED) is 0.536. The molecule has 0 aliphatic carbocycles. The van der Waals surface area contributed by atoms with E-state index in [1.165, 1.54) is 0 Å². The normalized spacial score (nSPS) is 13.3. The third-order valence-electron chi connectivity index (χ3n) is 5.10. The van der Waals surface area contributed by atoms with Gasteiger partial charge in [-0.2, -0.15) is 0 Å². The third-order valence-corrected chi connectivity index (χ3v) is 5.10. The third kappa shape index (κ3) is 5.81. The average molecular weight is 434 g/mol. The van der Waals surface area contributed by atoms with E-state index < -0.39 is 35.5 Å². The van der Waals surface area contributed by atoms with Crippen LogP contribution in [-0.2, 0) is 28.6 Å². The maximum atomic E-state index is 12.4. The van der Waals surface area contributed by atoms with Gasteiger partial charge in [0.25, 0.3) is 0 Å². The number of aromatic nitrogens is 3. The second-order valence-electron chi connectivity index (χ2n) is 9.82. The topological polar surface area (TPSA) is 145 Å². The molecule has 0 bridgehead atoms. The van der Waals surface area contributed by atoms with Gasteiger partial charge >= 0.3 is 17.1 Å². The van der Waals surface area contributed by atoms with Gasteiger partial charge in [0.05, 0.1) is 6.54 Å². The van der Waals surface area contributed by atoms with Crippen LogP contribution in [0.3, 0.4) is 0 Å². The lowest BCUT2D eigenvalue weighted by Gasteiger charge is -2.28. The van der Waals surface area contributed by atoms with E-state index in [1.54, 1.807) is 0 Å². The van der Waals surface area contributed by atoms with E-state index in [-0.39, 0.29) is 23.0 Å². The molecule has 0 amide bonds. The maximum absolute atomic E-state index is 12.4. The van der Waals surface area contributed by atoms with E-state index in [0.717, 1.165) is 16.7 Å². The number of aromatic hydroxyl groups is 1. The zero-order valence-corrected chi connectivity index (χ0v) is 18.8. The molecule has 1 atom stereocenters. The largest absolute Gasteiger partial charge is 0.507 e. The Bertz CT molecular complexity index is 1070. The van der Waals surface area contributed by atoms with Gasteiger partial charge in [0, 0.05) is 6.42 Å². The number of carbonyl (C=O) groups is 1. The highest BCUT2D eigenvalue weighted by Crippen LogP contribution is 2.40. The number of ketones is 1. The number of phenols is 1. The van der Waals surface area contributed by atoms with E-state index in [2.05, 4.69) is 0 Å². The molecule has 1 heterocycles. The lowest BCUT2D eigenvalue weighted by Crippen LogP contribution is -2.46. The summed E-state index contributed by atoms with van der Waals surface area (Å²) in [4.78, 5) is 50.8. The van der Waals surface area contributed by atoms with E-state index in [1.807, 2.05) is 63.6 Å². The fourth-order valence-electron chi connectivity index (χ4n) is 3.31. The fourth-order valence-corrected chi connectivity index (χ4v) is 3.31. The molecule has 9 nitrogen and oxygen atoms in total. The van der Waals surface area contributed by atoms with Crippen LogP contribution in [0.1, 0.15) is 64.7 Å². The number of aliphatic hydroxyl groups excluding tert-OH is 1. The number of hydrogen-bond donors (Lipinski definition) is 4. The molecule has 9 heteroatoms. The molecule has 31 heavy (non-hydrogen) atoms. The summed E-state index contributed by atoms with van der Waals surface area (Å²) in [7, 11) is 0. The van der Waals surface area contributed by atoms with Gasteiger partial charge in [-0.1, -0.05) is 53.7 Å². The Kier molecular flexibility index (Phi) is 6.80. The molecule has 2 rings (SSSR count). The van der Waals surface area contributed by atoms with Crippen LogP contribution in [0.25, 0.3) is 0 Å². The second kappa shape index (κ2) is 8.66. The molecule has 0 aliphatic heterocycles. The fraction of sp³-hybridized carbons (Fsp3) is 0.545. The predicted molar refractivity (Wildman–Crippen MR) is 117 cm³/mol. The molecule has 0 radical (unpaired) electrons. The lowest BCUT2D eigenvalue weighted by atomic mass is 9.78. The van der Waals surface area contributed by atoms with E-state index >= 15 is 0 Å². The van der Waals surface area contributed by atoms with E-state index in [0.29, 0.717) is 11.0 Å². The maximum Gasteiger partial charge on any atom is 0.333 e. The minimum Gasteiger partial charge on any atom is -0.507 e. The molecule has 0 aliphatic rings. The number of nitrogens with zero attached hydrogens (tertiary/aromatic N) is 1. The van der Waals surface area contributed by atoms with Crippen LogP contribution < -0.4 is 17.1 Å². The molecule has 170 valence electrons. The Hall–Kier alpha value is -2.94. The van der Waals surface area contributed by atoms with Crippen LogP contribution in [0, 0.1) is 0 Å². The zero-order chi connectivity index (χ0) is 23.7. The summed E-state index contributed by atoms with van der Waals surface area (Å²) in [6.07, 6.45) is -1.28. The molecule has 0 saturated carbocycles. The number of carbonyl (C=O) groups excluding carboxylic acids is 1. The number of aromatic amines is 2. The molecule has 4 N–H and O–H groups in total. The highest BCUT2D eigenvalue weighted by atomic mass is 16.3. The molecule has 0 fully saturated rings. The molecule has 2 aromatic rings. The Labute approximate surface area is 179 Å². The highest BCUT2D eigenvalue weighted by Gasteiger charge is 2.27. The number of rotatable bonds is 6. The van der Waals surface area contributed by atoms with Gasteiger partial charge in [0.2, 0.25) is 0 Å². The summed E-state index contributed by atoms with van der Waals surface area (Å²) in [5.41, 5.74) is -1.18. The summed E-state index contributed by atoms with van der Waals surface area (Å²) >= 11 is 0. The Morgan fingerprint density at radius 2 is 1.42 bits per heavy atom.